The van der Waals surface area contributed by atoms with Crippen molar-refractivity contribution >= 4 is 29.5 Å². The van der Waals surface area contributed by atoms with Crippen LogP contribution in [-0.4, -0.2) is 79.0 Å². The molecule has 1 aromatic carbocycles. The molecule has 162 valence electrons. The summed E-state index contributed by atoms with van der Waals surface area (Å²) in [6.45, 7) is -0.212. The molecule has 31 heavy (non-hydrogen) atoms. The predicted octanol–water partition coefficient (Wildman–Crippen LogP) is -0.597. The van der Waals surface area contributed by atoms with E-state index in [4.69, 9.17) is 9.47 Å². The fraction of sp³-hybridized carbons (Fsp3) is 0.333. The molecule has 2 N–H and O–H groups in total. The molecule has 1 fully saturated rings. The maximum absolute atomic E-state index is 12.6. The fourth-order valence-electron chi connectivity index (χ4n) is 3.22. The van der Waals surface area contributed by atoms with Gasteiger partial charge in [-0.15, -0.1) is 5.10 Å². The van der Waals surface area contributed by atoms with Gasteiger partial charge >= 0.3 is 5.97 Å². The summed E-state index contributed by atoms with van der Waals surface area (Å²) in [5.41, 5.74) is -0.241. The number of carboxylic acid groups (broad SMARTS) is 1. The van der Waals surface area contributed by atoms with E-state index in [1.54, 1.807) is 31.3 Å². The summed E-state index contributed by atoms with van der Waals surface area (Å²) < 4.78 is 12.4. The number of benzene rings is 1. The molecule has 2 aromatic rings. The average molecular weight is 446 g/mol. The fourth-order valence-corrected chi connectivity index (χ4v) is 4.02. The number of nitrogens with one attached hydrogen (secondary N) is 1. The van der Waals surface area contributed by atoms with E-state index in [0.29, 0.717) is 10.9 Å². The average Bonchev–Trinajstić information content (AvgIpc) is 3.19. The lowest BCUT2D eigenvalue weighted by Gasteiger charge is -2.49. The zero-order valence-electron chi connectivity index (χ0n) is 16.3. The van der Waals surface area contributed by atoms with Crippen LogP contribution in [0.4, 0.5) is 0 Å². The van der Waals surface area contributed by atoms with Gasteiger partial charge in [-0.2, -0.15) is 0 Å². The minimum Gasteiger partial charge on any atom is -0.492 e. The smallest absolute Gasteiger partial charge is 0.356 e. The number of thioether (sulfide) groups is 1. The van der Waals surface area contributed by atoms with E-state index in [0.717, 1.165) is 4.90 Å². The Morgan fingerprint density at radius 2 is 2.13 bits per heavy atom. The Morgan fingerprint density at radius 3 is 2.81 bits per heavy atom. The summed E-state index contributed by atoms with van der Waals surface area (Å²) >= 11 is 1.18. The molecule has 0 spiro atoms. The molecule has 2 atom stereocenters. The van der Waals surface area contributed by atoms with Gasteiger partial charge in [0, 0.05) is 7.05 Å². The molecule has 0 radical (unpaired) electrons. The number of aromatic nitrogens is 4. The van der Waals surface area contributed by atoms with E-state index >= 15 is 0 Å². The Morgan fingerprint density at radius 1 is 1.35 bits per heavy atom. The minimum atomic E-state index is -1.29. The van der Waals surface area contributed by atoms with E-state index in [1.807, 2.05) is 6.07 Å². The molecule has 0 aliphatic carbocycles. The summed E-state index contributed by atoms with van der Waals surface area (Å²) in [4.78, 5) is 37.8. The highest BCUT2D eigenvalue weighted by Crippen LogP contribution is 2.34. The number of tetrazole rings is 1. The van der Waals surface area contributed by atoms with Gasteiger partial charge < -0.3 is 19.9 Å². The van der Waals surface area contributed by atoms with Crippen molar-refractivity contribution in [3.63, 3.8) is 0 Å². The molecule has 2 amide bonds. The zero-order valence-corrected chi connectivity index (χ0v) is 17.1. The van der Waals surface area contributed by atoms with Crippen molar-refractivity contribution in [2.45, 2.75) is 17.2 Å². The van der Waals surface area contributed by atoms with Crippen LogP contribution < -0.4 is 10.1 Å². The largest absolute Gasteiger partial charge is 0.492 e. The number of aliphatic carboxylic acids is 1. The van der Waals surface area contributed by atoms with Crippen molar-refractivity contribution in [3.8, 4) is 5.75 Å². The molecule has 2 aliphatic heterocycles. The van der Waals surface area contributed by atoms with E-state index in [-0.39, 0.29) is 30.4 Å². The first-order valence-electron chi connectivity index (χ1n) is 9.20. The maximum Gasteiger partial charge on any atom is 0.356 e. The second-order valence-corrected chi connectivity index (χ2v) is 7.63. The van der Waals surface area contributed by atoms with Gasteiger partial charge in [0.25, 0.3) is 11.8 Å². The quantitative estimate of drug-likeness (QED) is 0.398. The van der Waals surface area contributed by atoms with Crippen LogP contribution in [0.3, 0.4) is 0 Å². The zero-order chi connectivity index (χ0) is 22.0. The summed E-state index contributed by atoms with van der Waals surface area (Å²) in [6, 6.07) is 7.30. The standard InChI is InChI=1S/C18H18N6O6S/c1-23-18(20-21-22-23)31-9-12-15(17(27)28)24-11(7-30-12)14(16(24)26)19-13(25)8-29-10-5-3-2-4-6-10/h2-6,11,14H,7-9H2,1H3,(H,19,25)(H,27,28). The summed E-state index contributed by atoms with van der Waals surface area (Å²) in [5.74, 6) is -1.49. The Labute approximate surface area is 180 Å². The SMILES string of the molecule is Cn1nnnc1SCC1=C(C(=O)O)N2C(=O)C(NC(=O)COc3ccccc3)C2CO1. The minimum absolute atomic E-state index is 0.0555. The molecule has 4 rings (SSSR count). The van der Waals surface area contributed by atoms with Gasteiger partial charge in [-0.3, -0.25) is 14.5 Å². The van der Waals surface area contributed by atoms with Crippen molar-refractivity contribution in [2.24, 2.45) is 7.05 Å². The molecular weight excluding hydrogens is 428 g/mol. The number of amides is 2. The van der Waals surface area contributed by atoms with Crippen molar-refractivity contribution in [2.75, 3.05) is 19.0 Å². The third kappa shape index (κ3) is 4.17. The van der Waals surface area contributed by atoms with Crippen LogP contribution in [0.5, 0.6) is 5.75 Å². The van der Waals surface area contributed by atoms with Crippen LogP contribution in [0, 0.1) is 0 Å². The number of β-lactam (4-membered cyclic amide) rings is 1. The second-order valence-electron chi connectivity index (χ2n) is 6.68. The molecule has 0 bridgehead atoms. The number of hydrogen-bond acceptors (Lipinski definition) is 9. The number of carbonyl (C=O) groups is 3. The number of rotatable bonds is 8. The van der Waals surface area contributed by atoms with Crippen molar-refractivity contribution < 1.29 is 29.0 Å². The van der Waals surface area contributed by atoms with E-state index in [2.05, 4.69) is 20.8 Å². The number of para-hydroxylation sites is 1. The highest BCUT2D eigenvalue weighted by atomic mass is 32.2. The first-order chi connectivity index (χ1) is 15.0. The molecule has 2 aliphatic rings. The number of hydrogen-bond donors (Lipinski definition) is 2. The second kappa shape index (κ2) is 8.63. The van der Waals surface area contributed by atoms with Gasteiger partial charge in [0.2, 0.25) is 5.16 Å². The normalized spacial score (nSPS) is 19.9. The molecule has 12 nitrogen and oxygen atoms in total. The van der Waals surface area contributed by atoms with Crippen LogP contribution in [0.2, 0.25) is 0 Å². The molecule has 0 saturated carbocycles. The Bertz CT molecular complexity index is 1040. The van der Waals surface area contributed by atoms with Crippen LogP contribution in [0.1, 0.15) is 0 Å². The highest BCUT2D eigenvalue weighted by Gasteiger charge is 2.54. The van der Waals surface area contributed by atoms with Crippen molar-refractivity contribution in [3.05, 3.63) is 41.8 Å². The lowest BCUT2D eigenvalue weighted by Crippen LogP contribution is -2.73. The van der Waals surface area contributed by atoms with Gasteiger partial charge in [0.1, 0.15) is 30.2 Å². The summed E-state index contributed by atoms with van der Waals surface area (Å²) in [6.07, 6.45) is 0. The van der Waals surface area contributed by atoms with Gasteiger partial charge in [-0.25, -0.2) is 9.48 Å². The van der Waals surface area contributed by atoms with Gasteiger partial charge in [0.05, 0.1) is 5.75 Å². The highest BCUT2D eigenvalue weighted by molar-refractivity contribution is 7.99. The van der Waals surface area contributed by atoms with Gasteiger partial charge in [-0.1, -0.05) is 30.0 Å². The van der Waals surface area contributed by atoms with Crippen LogP contribution in [0.25, 0.3) is 0 Å². The third-order valence-electron chi connectivity index (χ3n) is 4.70. The number of fused-ring (bicyclic) bond motifs is 1. The van der Waals surface area contributed by atoms with Gasteiger partial charge in [-0.05, 0) is 22.6 Å². The monoisotopic (exact) mass is 446 g/mol. The molecule has 1 saturated heterocycles. The first kappa shape index (κ1) is 20.7. The van der Waals surface area contributed by atoms with Crippen LogP contribution in [0.15, 0.2) is 46.9 Å². The number of nitrogens with zero attached hydrogens (tertiary/aromatic N) is 5. The van der Waals surface area contributed by atoms with Crippen LogP contribution >= 0.6 is 11.8 Å². The summed E-state index contributed by atoms with van der Waals surface area (Å²) in [7, 11) is 1.65. The summed E-state index contributed by atoms with van der Waals surface area (Å²) in [5, 5.41) is 23.7. The van der Waals surface area contributed by atoms with E-state index in [9.17, 15) is 19.5 Å². The van der Waals surface area contributed by atoms with Gasteiger partial charge in [0.15, 0.2) is 12.3 Å². The topological polar surface area (TPSA) is 149 Å². The number of carboxylic acids is 1. The molecule has 13 heteroatoms. The number of aryl methyl sites for hydroxylation is 1. The molecule has 1 aromatic heterocycles. The Balaban J connectivity index is 1.39. The van der Waals surface area contributed by atoms with E-state index in [1.165, 1.54) is 16.4 Å². The number of carbonyl (C=O) groups excluding carboxylic acids is 2. The molecule has 3 heterocycles. The maximum atomic E-state index is 12.6. The Kier molecular flexibility index (Phi) is 5.75. The molecular formula is C18H18N6O6S. The van der Waals surface area contributed by atoms with Crippen molar-refractivity contribution in [1.29, 1.82) is 0 Å². The molecule has 2 unspecified atom stereocenters. The van der Waals surface area contributed by atoms with Crippen LogP contribution in [-0.2, 0) is 26.2 Å². The number of ether oxygens (including phenoxy) is 2. The lowest BCUT2D eigenvalue weighted by atomic mass is 9.92. The van der Waals surface area contributed by atoms with E-state index < -0.39 is 29.9 Å². The predicted molar refractivity (Wildman–Crippen MR) is 105 cm³/mol. The third-order valence-corrected chi connectivity index (χ3v) is 5.71. The first-order valence-corrected chi connectivity index (χ1v) is 10.2. The van der Waals surface area contributed by atoms with Crippen molar-refractivity contribution in [1.82, 2.24) is 30.4 Å². The Hall–Kier alpha value is -3.61. The lowest BCUT2D eigenvalue weighted by molar-refractivity contribution is -0.160.